The van der Waals surface area contributed by atoms with Crippen molar-refractivity contribution in [2.24, 2.45) is 0 Å². The van der Waals surface area contributed by atoms with Gasteiger partial charge in [0.1, 0.15) is 0 Å². The highest BCUT2D eigenvalue weighted by atomic mass is 15.1. The maximum absolute atomic E-state index is 8.89. The number of fused-ring (bicyclic) bond motifs is 1. The quantitative estimate of drug-likeness (QED) is 0.806. The number of nitrogens with zero attached hydrogens (tertiary/aromatic N) is 3. The normalized spacial score (nSPS) is 12.6. The third-order valence-electron chi connectivity index (χ3n) is 2.98. The van der Waals surface area contributed by atoms with Crippen molar-refractivity contribution in [2.45, 2.75) is 19.5 Å². The van der Waals surface area contributed by atoms with E-state index >= 15 is 0 Å². The van der Waals surface area contributed by atoms with Crippen molar-refractivity contribution < 1.29 is 0 Å². The SMILES string of the molecule is CC(C#N)N(C)Cc1cccc2cccnc12. The highest BCUT2D eigenvalue weighted by Crippen LogP contribution is 2.17. The number of para-hydroxylation sites is 1. The van der Waals surface area contributed by atoms with E-state index in [0.29, 0.717) is 0 Å². The van der Waals surface area contributed by atoms with Gasteiger partial charge in [0.05, 0.1) is 17.6 Å². The van der Waals surface area contributed by atoms with E-state index in [0.717, 1.165) is 23.0 Å². The molecule has 3 heteroatoms. The van der Waals surface area contributed by atoms with Crippen molar-refractivity contribution in [1.29, 1.82) is 5.26 Å². The Hall–Kier alpha value is -1.92. The number of benzene rings is 1. The molecule has 0 spiro atoms. The lowest BCUT2D eigenvalue weighted by Gasteiger charge is -2.19. The molecular formula is C14H15N3. The lowest BCUT2D eigenvalue weighted by molar-refractivity contribution is 0.295. The third-order valence-corrected chi connectivity index (χ3v) is 2.98. The average molecular weight is 225 g/mol. The molecule has 0 aliphatic heterocycles. The van der Waals surface area contributed by atoms with E-state index in [1.54, 1.807) is 6.20 Å². The molecular weight excluding hydrogens is 210 g/mol. The predicted molar refractivity (Wildman–Crippen MR) is 68.3 cm³/mol. The minimum absolute atomic E-state index is 0.0889. The second-order valence-electron chi connectivity index (χ2n) is 4.21. The van der Waals surface area contributed by atoms with Crippen LogP contribution in [0.15, 0.2) is 36.5 Å². The maximum atomic E-state index is 8.89. The van der Waals surface area contributed by atoms with Crippen molar-refractivity contribution >= 4 is 10.9 Å². The van der Waals surface area contributed by atoms with E-state index in [9.17, 15) is 0 Å². The Kier molecular flexibility index (Phi) is 3.36. The smallest absolute Gasteiger partial charge is 0.0949 e. The van der Waals surface area contributed by atoms with Crippen LogP contribution in [0.3, 0.4) is 0 Å². The molecule has 1 heterocycles. The van der Waals surface area contributed by atoms with E-state index < -0.39 is 0 Å². The standard InChI is InChI=1S/C14H15N3/c1-11(9-15)17(2)10-13-6-3-5-12-7-4-8-16-14(12)13/h3-8,11H,10H2,1-2H3. The first kappa shape index (κ1) is 11.6. The van der Waals surface area contributed by atoms with Gasteiger partial charge in [-0.1, -0.05) is 24.3 Å². The average Bonchev–Trinajstić information content (AvgIpc) is 2.38. The Balaban J connectivity index is 2.34. The Morgan fingerprint density at radius 2 is 2.12 bits per heavy atom. The number of hydrogen-bond donors (Lipinski definition) is 0. The Morgan fingerprint density at radius 3 is 2.88 bits per heavy atom. The van der Waals surface area contributed by atoms with Gasteiger partial charge in [0.15, 0.2) is 0 Å². The molecule has 2 rings (SSSR count). The summed E-state index contributed by atoms with van der Waals surface area (Å²) in [4.78, 5) is 6.43. The zero-order chi connectivity index (χ0) is 12.3. The molecule has 86 valence electrons. The molecule has 1 aromatic carbocycles. The summed E-state index contributed by atoms with van der Waals surface area (Å²) in [6.45, 7) is 2.64. The van der Waals surface area contributed by atoms with Gasteiger partial charge >= 0.3 is 0 Å². The Bertz CT molecular complexity index is 551. The van der Waals surface area contributed by atoms with Crippen molar-refractivity contribution in [3.8, 4) is 6.07 Å². The van der Waals surface area contributed by atoms with Gasteiger partial charge in [-0.2, -0.15) is 5.26 Å². The summed E-state index contributed by atoms with van der Waals surface area (Å²) in [5, 5.41) is 10.0. The van der Waals surface area contributed by atoms with Gasteiger partial charge < -0.3 is 0 Å². The first-order chi connectivity index (χ1) is 8.22. The van der Waals surface area contributed by atoms with Crippen LogP contribution < -0.4 is 0 Å². The first-order valence-electron chi connectivity index (χ1n) is 5.65. The summed E-state index contributed by atoms with van der Waals surface area (Å²) in [5.74, 6) is 0. The van der Waals surface area contributed by atoms with Gasteiger partial charge in [0.2, 0.25) is 0 Å². The highest BCUT2D eigenvalue weighted by molar-refractivity contribution is 5.81. The summed E-state index contributed by atoms with van der Waals surface area (Å²) in [5.41, 5.74) is 2.18. The molecule has 0 aliphatic rings. The van der Waals surface area contributed by atoms with Gasteiger partial charge in [0.25, 0.3) is 0 Å². The van der Waals surface area contributed by atoms with Gasteiger partial charge in [-0.3, -0.25) is 9.88 Å². The van der Waals surface area contributed by atoms with E-state index in [1.165, 1.54) is 0 Å². The molecule has 0 fully saturated rings. The number of rotatable bonds is 3. The number of aromatic nitrogens is 1. The largest absolute Gasteiger partial charge is 0.287 e. The number of hydrogen-bond acceptors (Lipinski definition) is 3. The Morgan fingerprint density at radius 1 is 1.35 bits per heavy atom. The lowest BCUT2D eigenvalue weighted by Crippen LogP contribution is -2.27. The fourth-order valence-electron chi connectivity index (χ4n) is 1.80. The molecule has 3 nitrogen and oxygen atoms in total. The number of pyridine rings is 1. The summed E-state index contributed by atoms with van der Waals surface area (Å²) in [6.07, 6.45) is 1.81. The van der Waals surface area contributed by atoms with Crippen LogP contribution in [-0.4, -0.2) is 23.0 Å². The second-order valence-corrected chi connectivity index (χ2v) is 4.21. The summed E-state index contributed by atoms with van der Waals surface area (Å²) in [7, 11) is 1.95. The predicted octanol–water partition coefficient (Wildman–Crippen LogP) is 2.58. The fraction of sp³-hybridized carbons (Fsp3) is 0.286. The molecule has 1 unspecified atom stereocenters. The van der Waals surface area contributed by atoms with Gasteiger partial charge in [0, 0.05) is 18.1 Å². The number of nitriles is 1. The van der Waals surface area contributed by atoms with Crippen molar-refractivity contribution in [3.63, 3.8) is 0 Å². The summed E-state index contributed by atoms with van der Waals surface area (Å²) < 4.78 is 0. The molecule has 0 N–H and O–H groups in total. The van der Waals surface area contributed by atoms with Crippen molar-refractivity contribution in [1.82, 2.24) is 9.88 Å². The minimum atomic E-state index is -0.0889. The summed E-state index contributed by atoms with van der Waals surface area (Å²) >= 11 is 0. The van der Waals surface area contributed by atoms with Crippen LogP contribution in [0.1, 0.15) is 12.5 Å². The first-order valence-corrected chi connectivity index (χ1v) is 5.65. The monoisotopic (exact) mass is 225 g/mol. The van der Waals surface area contributed by atoms with E-state index in [1.807, 2.05) is 31.0 Å². The fourth-order valence-corrected chi connectivity index (χ4v) is 1.80. The molecule has 2 aromatic rings. The van der Waals surface area contributed by atoms with Crippen LogP contribution in [0, 0.1) is 11.3 Å². The zero-order valence-electron chi connectivity index (χ0n) is 10.1. The van der Waals surface area contributed by atoms with E-state index in [4.69, 9.17) is 5.26 Å². The molecule has 1 aromatic heterocycles. The van der Waals surface area contributed by atoms with Crippen molar-refractivity contribution in [3.05, 3.63) is 42.1 Å². The topological polar surface area (TPSA) is 39.9 Å². The van der Waals surface area contributed by atoms with Crippen LogP contribution >= 0.6 is 0 Å². The van der Waals surface area contributed by atoms with Crippen LogP contribution in [-0.2, 0) is 6.54 Å². The second kappa shape index (κ2) is 4.94. The minimum Gasteiger partial charge on any atom is -0.287 e. The molecule has 0 amide bonds. The molecule has 0 saturated heterocycles. The zero-order valence-corrected chi connectivity index (χ0v) is 10.1. The third kappa shape index (κ3) is 2.43. The van der Waals surface area contributed by atoms with Crippen LogP contribution in [0.4, 0.5) is 0 Å². The Labute approximate surface area is 101 Å². The molecule has 1 atom stereocenters. The molecule has 0 bridgehead atoms. The van der Waals surface area contributed by atoms with Crippen LogP contribution in [0.2, 0.25) is 0 Å². The van der Waals surface area contributed by atoms with Crippen LogP contribution in [0.5, 0.6) is 0 Å². The maximum Gasteiger partial charge on any atom is 0.0949 e. The highest BCUT2D eigenvalue weighted by Gasteiger charge is 2.10. The van der Waals surface area contributed by atoms with E-state index in [2.05, 4.69) is 29.3 Å². The van der Waals surface area contributed by atoms with Crippen molar-refractivity contribution in [2.75, 3.05) is 7.05 Å². The van der Waals surface area contributed by atoms with Gasteiger partial charge in [-0.15, -0.1) is 0 Å². The van der Waals surface area contributed by atoms with Crippen LogP contribution in [0.25, 0.3) is 10.9 Å². The lowest BCUT2D eigenvalue weighted by atomic mass is 10.1. The molecule has 17 heavy (non-hydrogen) atoms. The van der Waals surface area contributed by atoms with E-state index in [-0.39, 0.29) is 6.04 Å². The molecule has 0 aliphatic carbocycles. The summed E-state index contributed by atoms with van der Waals surface area (Å²) in [6, 6.07) is 12.3. The molecule has 0 radical (unpaired) electrons. The van der Waals surface area contributed by atoms with Gasteiger partial charge in [-0.05, 0) is 25.6 Å². The molecule has 0 saturated carbocycles. The van der Waals surface area contributed by atoms with Gasteiger partial charge in [-0.25, -0.2) is 0 Å².